The molecule has 0 bridgehead atoms. The fourth-order valence-electron chi connectivity index (χ4n) is 2.56. The van der Waals surface area contributed by atoms with Crippen molar-refractivity contribution in [1.29, 1.82) is 0 Å². The van der Waals surface area contributed by atoms with Crippen LogP contribution < -0.4 is 10.6 Å². The summed E-state index contributed by atoms with van der Waals surface area (Å²) in [5, 5.41) is 5.13. The second kappa shape index (κ2) is 8.68. The first-order chi connectivity index (χ1) is 13.6. The van der Waals surface area contributed by atoms with Crippen molar-refractivity contribution < 1.29 is 19.1 Å². The number of rotatable bonds is 6. The Kier molecular flexibility index (Phi) is 5.86. The zero-order chi connectivity index (χ0) is 19.9. The molecule has 142 valence electrons. The summed E-state index contributed by atoms with van der Waals surface area (Å²) in [6.07, 6.45) is 3.74. The molecular formula is C21H19N3O4. The Morgan fingerprint density at radius 2 is 1.64 bits per heavy atom. The van der Waals surface area contributed by atoms with E-state index in [1.54, 1.807) is 49.5 Å². The second-order valence-electron chi connectivity index (χ2n) is 5.92. The van der Waals surface area contributed by atoms with Gasteiger partial charge in [-0.05, 0) is 54.6 Å². The van der Waals surface area contributed by atoms with Gasteiger partial charge in [-0.3, -0.25) is 9.59 Å². The van der Waals surface area contributed by atoms with Crippen LogP contribution in [0.3, 0.4) is 0 Å². The average molecular weight is 377 g/mol. The third-order valence-electron chi connectivity index (χ3n) is 3.98. The molecule has 2 amide bonds. The molecule has 1 aromatic heterocycles. The zero-order valence-electron chi connectivity index (χ0n) is 15.2. The van der Waals surface area contributed by atoms with Gasteiger partial charge in [0.05, 0.1) is 5.56 Å². The van der Waals surface area contributed by atoms with Crippen molar-refractivity contribution in [2.24, 2.45) is 0 Å². The minimum absolute atomic E-state index is 0.214. The first-order valence-electron chi connectivity index (χ1n) is 8.59. The maximum absolute atomic E-state index is 12.2. The highest BCUT2D eigenvalue weighted by molar-refractivity contribution is 5.97. The lowest BCUT2D eigenvalue weighted by molar-refractivity contribution is -0.119. The summed E-state index contributed by atoms with van der Waals surface area (Å²) in [4.78, 5) is 35.7. The lowest BCUT2D eigenvalue weighted by Gasteiger charge is -2.08. The highest BCUT2D eigenvalue weighted by Crippen LogP contribution is 2.13. The van der Waals surface area contributed by atoms with Gasteiger partial charge in [-0.1, -0.05) is 6.07 Å². The molecule has 0 fully saturated rings. The number of nitrogens with zero attached hydrogens (tertiary/aromatic N) is 1. The van der Waals surface area contributed by atoms with Crippen LogP contribution in [0.15, 0.2) is 73.1 Å². The number of carbonyl (C=O) groups is 3. The van der Waals surface area contributed by atoms with Crippen LogP contribution in [0.2, 0.25) is 0 Å². The van der Waals surface area contributed by atoms with Crippen LogP contribution in [0.5, 0.6) is 0 Å². The molecule has 28 heavy (non-hydrogen) atoms. The molecule has 2 N–H and O–H groups in total. The van der Waals surface area contributed by atoms with E-state index in [1.807, 2.05) is 35.2 Å². The van der Waals surface area contributed by atoms with E-state index in [1.165, 1.54) is 0 Å². The van der Waals surface area contributed by atoms with E-state index < -0.39 is 18.5 Å². The average Bonchev–Trinajstić information content (AvgIpc) is 3.27. The van der Waals surface area contributed by atoms with E-state index in [-0.39, 0.29) is 5.91 Å². The lowest BCUT2D eigenvalue weighted by Crippen LogP contribution is -2.21. The molecule has 7 heteroatoms. The summed E-state index contributed by atoms with van der Waals surface area (Å²) in [6.45, 7) is -0.413. The van der Waals surface area contributed by atoms with Gasteiger partial charge in [0.2, 0.25) is 0 Å². The zero-order valence-corrected chi connectivity index (χ0v) is 15.2. The summed E-state index contributed by atoms with van der Waals surface area (Å²) in [6, 6.07) is 17.1. The molecule has 0 aliphatic rings. The van der Waals surface area contributed by atoms with Gasteiger partial charge in [-0.25, -0.2) is 4.79 Å². The number of ether oxygens (including phenoxy) is 1. The predicted molar refractivity (Wildman–Crippen MR) is 105 cm³/mol. The number of amides is 2. The smallest absolute Gasteiger partial charge is 0.338 e. The Morgan fingerprint density at radius 1 is 0.929 bits per heavy atom. The maximum Gasteiger partial charge on any atom is 0.338 e. The predicted octanol–water partition coefficient (Wildman–Crippen LogP) is 2.63. The number of carbonyl (C=O) groups excluding carboxylic acids is 3. The molecule has 0 saturated carbocycles. The third-order valence-corrected chi connectivity index (χ3v) is 3.98. The van der Waals surface area contributed by atoms with Crippen LogP contribution >= 0.6 is 0 Å². The minimum Gasteiger partial charge on any atom is -0.452 e. The third kappa shape index (κ3) is 4.64. The number of esters is 1. The van der Waals surface area contributed by atoms with Gasteiger partial charge < -0.3 is 19.9 Å². The van der Waals surface area contributed by atoms with Crippen LogP contribution in [-0.4, -0.2) is 36.0 Å². The number of hydrogen-bond acceptors (Lipinski definition) is 4. The molecule has 0 radical (unpaired) electrons. The van der Waals surface area contributed by atoms with E-state index in [2.05, 4.69) is 10.6 Å². The van der Waals surface area contributed by atoms with E-state index >= 15 is 0 Å². The van der Waals surface area contributed by atoms with Gasteiger partial charge in [0.15, 0.2) is 6.61 Å². The van der Waals surface area contributed by atoms with Crippen molar-refractivity contribution >= 4 is 23.5 Å². The van der Waals surface area contributed by atoms with Crippen molar-refractivity contribution in [3.8, 4) is 5.69 Å². The van der Waals surface area contributed by atoms with Gasteiger partial charge in [0, 0.05) is 36.4 Å². The Labute approximate surface area is 161 Å². The van der Waals surface area contributed by atoms with E-state index in [4.69, 9.17) is 4.74 Å². The van der Waals surface area contributed by atoms with Crippen molar-refractivity contribution in [3.63, 3.8) is 0 Å². The van der Waals surface area contributed by atoms with Gasteiger partial charge >= 0.3 is 5.97 Å². The normalized spacial score (nSPS) is 10.2. The summed E-state index contributed by atoms with van der Waals surface area (Å²) < 4.78 is 6.96. The van der Waals surface area contributed by atoms with Crippen molar-refractivity contribution in [2.45, 2.75) is 0 Å². The Morgan fingerprint density at radius 3 is 2.32 bits per heavy atom. The first kappa shape index (κ1) is 18.9. The van der Waals surface area contributed by atoms with Gasteiger partial charge in [-0.15, -0.1) is 0 Å². The molecule has 0 spiro atoms. The number of nitrogens with one attached hydrogen (secondary N) is 2. The number of hydrogen-bond donors (Lipinski definition) is 2. The summed E-state index contributed by atoms with van der Waals surface area (Å²) in [5.74, 6) is -1.27. The van der Waals surface area contributed by atoms with Crippen LogP contribution in [0.25, 0.3) is 5.69 Å². The fourth-order valence-corrected chi connectivity index (χ4v) is 2.56. The molecule has 3 rings (SSSR count). The fraction of sp³-hybridized carbons (Fsp3) is 0.0952. The maximum atomic E-state index is 12.2. The van der Waals surface area contributed by atoms with Crippen LogP contribution in [0.1, 0.15) is 20.7 Å². The van der Waals surface area contributed by atoms with Crippen LogP contribution in [-0.2, 0) is 9.53 Å². The number of benzene rings is 2. The highest BCUT2D eigenvalue weighted by atomic mass is 16.5. The Hall–Kier alpha value is -3.87. The van der Waals surface area contributed by atoms with Crippen LogP contribution in [0, 0.1) is 0 Å². The second-order valence-corrected chi connectivity index (χ2v) is 5.92. The molecule has 1 heterocycles. The standard InChI is InChI=1S/C21H19N3O4/c1-22-20(26)15-7-9-17(10-8-15)23-19(25)14-28-21(27)16-5-4-6-18(13-16)24-11-2-3-12-24/h2-13H,14H2,1H3,(H,22,26)(H,23,25). The SMILES string of the molecule is CNC(=O)c1ccc(NC(=O)COC(=O)c2cccc(-n3cccc3)c2)cc1. The lowest BCUT2D eigenvalue weighted by atomic mass is 10.2. The quantitative estimate of drug-likeness (QED) is 0.646. The van der Waals surface area contributed by atoms with Gasteiger partial charge in [-0.2, -0.15) is 0 Å². The van der Waals surface area contributed by atoms with Gasteiger partial charge in [0.1, 0.15) is 0 Å². The molecule has 7 nitrogen and oxygen atoms in total. The van der Waals surface area contributed by atoms with Crippen molar-refractivity contribution in [1.82, 2.24) is 9.88 Å². The van der Waals surface area contributed by atoms with Crippen LogP contribution in [0.4, 0.5) is 5.69 Å². The Balaban J connectivity index is 1.55. The Bertz CT molecular complexity index is 979. The molecule has 0 aliphatic heterocycles. The number of anilines is 1. The monoisotopic (exact) mass is 377 g/mol. The van der Waals surface area contributed by atoms with Gasteiger partial charge in [0.25, 0.3) is 11.8 Å². The van der Waals surface area contributed by atoms with E-state index in [0.717, 1.165) is 5.69 Å². The molecule has 0 saturated heterocycles. The van der Waals surface area contributed by atoms with Crippen molar-refractivity contribution in [2.75, 3.05) is 19.0 Å². The van der Waals surface area contributed by atoms with E-state index in [9.17, 15) is 14.4 Å². The largest absolute Gasteiger partial charge is 0.452 e. The number of aromatic nitrogens is 1. The molecule has 0 unspecified atom stereocenters. The molecular weight excluding hydrogens is 358 g/mol. The molecule has 3 aromatic rings. The molecule has 0 atom stereocenters. The molecule has 2 aromatic carbocycles. The minimum atomic E-state index is -0.584. The highest BCUT2D eigenvalue weighted by Gasteiger charge is 2.12. The van der Waals surface area contributed by atoms with E-state index in [0.29, 0.717) is 16.8 Å². The van der Waals surface area contributed by atoms with Crippen molar-refractivity contribution in [3.05, 3.63) is 84.2 Å². The summed E-state index contributed by atoms with van der Waals surface area (Å²) in [7, 11) is 1.54. The summed E-state index contributed by atoms with van der Waals surface area (Å²) >= 11 is 0. The summed E-state index contributed by atoms with van der Waals surface area (Å²) in [5.41, 5.74) is 2.16. The topological polar surface area (TPSA) is 89.4 Å². The molecule has 0 aliphatic carbocycles. The first-order valence-corrected chi connectivity index (χ1v) is 8.59.